The Bertz CT molecular complexity index is 69.6. The molecule has 0 heterocycles. The van der Waals surface area contributed by atoms with Gasteiger partial charge in [0.25, 0.3) is 0 Å². The van der Waals surface area contributed by atoms with Crippen molar-refractivity contribution < 1.29 is 41.5 Å². The molecule has 0 aromatic heterocycles. The fourth-order valence-electron chi connectivity index (χ4n) is 0. The van der Waals surface area contributed by atoms with Crippen molar-refractivity contribution in [2.75, 3.05) is 0 Å². The van der Waals surface area contributed by atoms with Gasteiger partial charge in [0.15, 0.2) is 0 Å². The smallest absolute Gasteiger partial charge is 0.412 e. The van der Waals surface area contributed by atoms with E-state index < -0.39 is 10.2 Å². The maximum atomic E-state index is 8.25. The molecule has 0 saturated heterocycles. The van der Waals surface area contributed by atoms with E-state index in [2.05, 4.69) is 0 Å². The van der Waals surface area contributed by atoms with E-state index in [0.29, 0.717) is 0 Å². The topological polar surface area (TPSA) is 164 Å². The standard InChI is InChI=1S/2NO3.H2O.Sc/c2*2-1(3)4;;/h;;1H2;/q2*-1;;+2. The maximum absolute atomic E-state index is 8.25. The molecule has 0 aliphatic carbocycles. The van der Waals surface area contributed by atoms with Crippen LogP contribution in [0.15, 0.2) is 0 Å². The molecule has 0 aliphatic heterocycles. The average molecular weight is 187 g/mol. The number of rotatable bonds is 0. The van der Waals surface area contributed by atoms with Crippen LogP contribution in [0.4, 0.5) is 0 Å². The fraction of sp³-hybridized carbons (Fsp3) is 0. The van der Waals surface area contributed by atoms with Crippen LogP contribution in [0, 0.1) is 30.6 Å². The van der Waals surface area contributed by atoms with Gasteiger partial charge in [-0.2, -0.15) is 0 Å². The van der Waals surface area contributed by atoms with Crippen molar-refractivity contribution in [3.05, 3.63) is 30.6 Å². The molecule has 9 nitrogen and oxygen atoms in total. The van der Waals surface area contributed by atoms with Crippen LogP contribution >= 0.6 is 0 Å². The van der Waals surface area contributed by atoms with Gasteiger partial charge in [0.2, 0.25) is 0 Å². The van der Waals surface area contributed by atoms with Gasteiger partial charge < -0.3 is 36.1 Å². The van der Waals surface area contributed by atoms with E-state index in [0.717, 1.165) is 0 Å². The first-order valence-electron chi connectivity index (χ1n) is 1.10. The Balaban J connectivity index is -0.0000000300. The molecule has 0 spiro atoms. The van der Waals surface area contributed by atoms with Crippen molar-refractivity contribution in [3.63, 3.8) is 0 Å². The summed E-state index contributed by atoms with van der Waals surface area (Å²) in [6.45, 7) is 0. The summed E-state index contributed by atoms with van der Waals surface area (Å²) in [5.74, 6) is 0. The van der Waals surface area contributed by atoms with E-state index >= 15 is 0 Å². The first-order valence-corrected chi connectivity index (χ1v) is 1.10. The summed E-state index contributed by atoms with van der Waals surface area (Å²) in [6, 6.07) is 0. The molecule has 0 aliphatic rings. The Hall–Kier alpha value is -0.770. The Morgan fingerprint density at radius 3 is 0.800 bits per heavy atom. The molecule has 0 aromatic rings. The summed E-state index contributed by atoms with van der Waals surface area (Å²) in [6.07, 6.45) is 0. The molecule has 1 radical (unpaired) electrons. The Morgan fingerprint density at radius 2 is 0.800 bits per heavy atom. The third kappa shape index (κ3) is 473. The first-order chi connectivity index (χ1) is 3.46. The van der Waals surface area contributed by atoms with E-state index in [1.165, 1.54) is 0 Å². The molecule has 0 fully saturated rings. The predicted octanol–water partition coefficient (Wildman–Crippen LogP) is -1.31. The van der Waals surface area contributed by atoms with Crippen LogP contribution in [0.2, 0.25) is 0 Å². The summed E-state index contributed by atoms with van der Waals surface area (Å²) < 4.78 is 0. The van der Waals surface area contributed by atoms with Gasteiger partial charge in [0.1, 0.15) is 0 Å². The van der Waals surface area contributed by atoms with Gasteiger partial charge in [-0.1, -0.05) is 0 Å². The zero-order chi connectivity index (χ0) is 7.15. The van der Waals surface area contributed by atoms with Crippen molar-refractivity contribution in [2.24, 2.45) is 0 Å². The predicted molar refractivity (Wildman–Crippen MR) is 24.3 cm³/mol. The molecule has 0 bridgehead atoms. The second kappa shape index (κ2) is 15.7. The van der Waals surface area contributed by atoms with Crippen LogP contribution in [0.1, 0.15) is 0 Å². The van der Waals surface area contributed by atoms with Gasteiger partial charge in [-0.05, 0) is 0 Å². The Kier molecular flexibility index (Phi) is 35.9. The zero-order valence-electron chi connectivity index (χ0n) is 4.42. The molecule has 57 valence electrons. The van der Waals surface area contributed by atoms with Crippen LogP contribution in [0.3, 0.4) is 0 Å². The van der Waals surface area contributed by atoms with E-state index in [1.54, 1.807) is 0 Å². The molecular weight excluding hydrogens is 185 g/mol. The van der Waals surface area contributed by atoms with Gasteiger partial charge in [-0.15, -0.1) is 0 Å². The van der Waals surface area contributed by atoms with Gasteiger partial charge in [-0.3, -0.25) is 0 Å². The van der Waals surface area contributed by atoms with Crippen molar-refractivity contribution in [1.82, 2.24) is 0 Å². The monoisotopic (exact) mass is 187 g/mol. The van der Waals surface area contributed by atoms with Crippen LogP contribution in [-0.4, -0.2) is 15.6 Å². The van der Waals surface area contributed by atoms with Crippen molar-refractivity contribution in [1.29, 1.82) is 0 Å². The second-order valence-electron chi connectivity index (χ2n) is 0.447. The van der Waals surface area contributed by atoms with Crippen LogP contribution in [-0.2, 0) is 25.8 Å². The summed E-state index contributed by atoms with van der Waals surface area (Å²) in [5, 5.41) is 29.5. The molecule has 0 atom stereocenters. The minimum atomic E-state index is -1.75. The maximum Gasteiger partial charge on any atom is 2.00 e. The molecule has 0 rings (SSSR count). The van der Waals surface area contributed by atoms with Crippen molar-refractivity contribution in [3.8, 4) is 0 Å². The second-order valence-corrected chi connectivity index (χ2v) is 0.447. The Labute approximate surface area is 72.6 Å². The normalized spacial score (nSPS) is 4.80. The summed E-state index contributed by atoms with van der Waals surface area (Å²) >= 11 is 0. The number of nitrogens with zero attached hydrogens (tertiary/aromatic N) is 2. The van der Waals surface area contributed by atoms with Crippen LogP contribution in [0.25, 0.3) is 0 Å². The molecule has 0 amide bonds. The minimum Gasteiger partial charge on any atom is -0.412 e. The third-order valence-corrected chi connectivity index (χ3v) is 0. The largest absolute Gasteiger partial charge is 2.00 e. The average Bonchev–Trinajstić information content (AvgIpc) is 1.25. The molecule has 0 saturated carbocycles. The van der Waals surface area contributed by atoms with Gasteiger partial charge in [0.05, 0.1) is 10.2 Å². The number of hydrogen-bond donors (Lipinski definition) is 0. The third-order valence-electron chi connectivity index (χ3n) is 0. The summed E-state index contributed by atoms with van der Waals surface area (Å²) in [5.41, 5.74) is 0. The van der Waals surface area contributed by atoms with Gasteiger partial charge in [0, 0.05) is 0 Å². The molecule has 0 unspecified atom stereocenters. The molecule has 10 heavy (non-hydrogen) atoms. The Morgan fingerprint density at radius 1 is 0.800 bits per heavy atom. The van der Waals surface area contributed by atoms with E-state index in [1.807, 2.05) is 0 Å². The first kappa shape index (κ1) is 22.9. The summed E-state index contributed by atoms with van der Waals surface area (Å²) in [4.78, 5) is 16.5. The number of hydrogen-bond acceptors (Lipinski definition) is 6. The zero-order valence-corrected chi connectivity index (χ0v) is 6.22. The van der Waals surface area contributed by atoms with Crippen LogP contribution < -0.4 is 0 Å². The molecular formula is H2N2O7Sc. The minimum absolute atomic E-state index is 0. The van der Waals surface area contributed by atoms with E-state index in [-0.39, 0.29) is 31.3 Å². The summed E-state index contributed by atoms with van der Waals surface area (Å²) in [7, 11) is 0. The van der Waals surface area contributed by atoms with Crippen LogP contribution in [0.5, 0.6) is 0 Å². The van der Waals surface area contributed by atoms with Gasteiger partial charge in [-0.25, -0.2) is 0 Å². The molecule has 0 aromatic carbocycles. The fourth-order valence-corrected chi connectivity index (χ4v) is 0. The van der Waals surface area contributed by atoms with Crippen molar-refractivity contribution >= 4 is 0 Å². The van der Waals surface area contributed by atoms with E-state index in [9.17, 15) is 0 Å². The van der Waals surface area contributed by atoms with Crippen molar-refractivity contribution in [2.45, 2.75) is 0 Å². The molecule has 10 heteroatoms. The quantitative estimate of drug-likeness (QED) is 0.337. The SMILES string of the molecule is O.O=[N+]([O-])[O-].O=[N+]([O-])[O-].[Sc+2]. The van der Waals surface area contributed by atoms with Gasteiger partial charge >= 0.3 is 25.8 Å². The van der Waals surface area contributed by atoms with E-state index in [4.69, 9.17) is 30.6 Å². The molecule has 2 N–H and O–H groups in total.